The Labute approximate surface area is 148 Å². The van der Waals surface area contributed by atoms with Gasteiger partial charge in [-0.05, 0) is 55.8 Å². The van der Waals surface area contributed by atoms with Gasteiger partial charge in [0.2, 0.25) is 0 Å². The monoisotopic (exact) mass is 376 g/mol. The van der Waals surface area contributed by atoms with Crippen molar-refractivity contribution in [1.82, 2.24) is 0 Å². The van der Waals surface area contributed by atoms with E-state index in [4.69, 9.17) is 10.0 Å². The smallest absolute Gasteiger partial charge is 0.423 e. The fourth-order valence-electron chi connectivity index (χ4n) is 2.32. The molecule has 0 spiro atoms. The van der Waals surface area contributed by atoms with Crippen molar-refractivity contribution in [2.24, 2.45) is 0 Å². The van der Waals surface area contributed by atoms with Crippen LogP contribution in [0, 0.1) is 0 Å². The molecule has 0 amide bonds. The molecule has 124 valence electrons. The van der Waals surface area contributed by atoms with Crippen molar-refractivity contribution in [2.45, 2.75) is 45.4 Å². The van der Waals surface area contributed by atoms with Crippen molar-refractivity contribution in [1.29, 1.82) is 0 Å². The number of hydrogen-bond donors (Lipinski definition) is 2. The predicted octanol–water partition coefficient (Wildman–Crippen LogP) is 5.01. The zero-order valence-corrected chi connectivity index (χ0v) is 15.4. The number of hydrogen-bond acceptors (Lipinski definition) is 2. The Morgan fingerprint density at radius 3 is 2.35 bits per heavy atom. The molecule has 4 heteroatoms. The van der Waals surface area contributed by atoms with Crippen LogP contribution in [0.1, 0.15) is 44.6 Å². The third-order valence-electron chi connectivity index (χ3n) is 3.79. The van der Waals surface area contributed by atoms with Crippen LogP contribution in [-0.2, 0) is 6.42 Å². The summed E-state index contributed by atoms with van der Waals surface area (Å²) in [4.78, 5) is 0. The standard InChI is InChI=1S/C19H26BBrO2/c1-3-18(20(22)23)13-10-16(2)8-6-4-5-7-9-17-11-14-19(21)15-12-17/h3,10-15,22-23H,1,4-9H2,2H3/b16-10+,18-13+. The van der Waals surface area contributed by atoms with Gasteiger partial charge in [0.15, 0.2) is 0 Å². The minimum Gasteiger partial charge on any atom is -0.423 e. The Kier molecular flexibility index (Phi) is 9.93. The summed E-state index contributed by atoms with van der Waals surface area (Å²) in [6, 6.07) is 8.54. The van der Waals surface area contributed by atoms with Gasteiger partial charge in [0.05, 0.1) is 0 Å². The average molecular weight is 377 g/mol. The van der Waals surface area contributed by atoms with Crippen LogP contribution in [-0.4, -0.2) is 17.2 Å². The molecule has 0 radical (unpaired) electrons. The summed E-state index contributed by atoms with van der Waals surface area (Å²) in [6.45, 7) is 5.64. The summed E-state index contributed by atoms with van der Waals surface area (Å²) in [5.41, 5.74) is 3.07. The normalized spacial score (nSPS) is 12.3. The van der Waals surface area contributed by atoms with Crippen LogP contribution in [0.3, 0.4) is 0 Å². The number of unbranched alkanes of at least 4 members (excludes halogenated alkanes) is 3. The van der Waals surface area contributed by atoms with E-state index in [0.29, 0.717) is 5.47 Å². The van der Waals surface area contributed by atoms with E-state index in [1.807, 2.05) is 6.08 Å². The highest BCUT2D eigenvalue weighted by atomic mass is 79.9. The van der Waals surface area contributed by atoms with Gasteiger partial charge in [0.25, 0.3) is 0 Å². The van der Waals surface area contributed by atoms with Crippen molar-refractivity contribution in [3.05, 3.63) is 70.2 Å². The first kappa shape index (κ1) is 20.0. The van der Waals surface area contributed by atoms with E-state index >= 15 is 0 Å². The fraction of sp³-hybridized carbons (Fsp3) is 0.368. The van der Waals surface area contributed by atoms with Crippen LogP contribution < -0.4 is 0 Å². The van der Waals surface area contributed by atoms with Crippen molar-refractivity contribution < 1.29 is 10.0 Å². The molecule has 1 aromatic carbocycles. The molecule has 0 aliphatic carbocycles. The summed E-state index contributed by atoms with van der Waals surface area (Å²) in [5, 5.41) is 18.2. The second-order valence-corrected chi connectivity index (χ2v) is 6.71. The SMILES string of the molecule is C=C/C(=C\C=C(/C)CCCCCCc1ccc(Br)cc1)B(O)O. The van der Waals surface area contributed by atoms with E-state index in [1.165, 1.54) is 42.9 Å². The Hall–Kier alpha value is -1.10. The summed E-state index contributed by atoms with van der Waals surface area (Å²) >= 11 is 3.45. The predicted molar refractivity (Wildman–Crippen MR) is 103 cm³/mol. The molecule has 0 saturated heterocycles. The zero-order valence-electron chi connectivity index (χ0n) is 13.8. The third kappa shape index (κ3) is 8.94. The fourth-order valence-corrected chi connectivity index (χ4v) is 2.58. The number of aryl methyl sites for hydroxylation is 1. The molecule has 0 atom stereocenters. The van der Waals surface area contributed by atoms with Gasteiger partial charge in [0, 0.05) is 4.47 Å². The number of benzene rings is 1. The molecule has 1 aromatic rings. The molecule has 0 fully saturated rings. The highest BCUT2D eigenvalue weighted by molar-refractivity contribution is 9.10. The van der Waals surface area contributed by atoms with Crippen LogP contribution >= 0.6 is 15.9 Å². The molecule has 0 aliphatic heterocycles. The maximum absolute atomic E-state index is 9.09. The maximum atomic E-state index is 9.09. The third-order valence-corrected chi connectivity index (χ3v) is 4.32. The molecule has 1 rings (SSSR count). The molecule has 0 aromatic heterocycles. The maximum Gasteiger partial charge on any atom is 0.488 e. The highest BCUT2D eigenvalue weighted by Crippen LogP contribution is 2.15. The largest absolute Gasteiger partial charge is 0.488 e. The van der Waals surface area contributed by atoms with Crippen molar-refractivity contribution in [3.63, 3.8) is 0 Å². The Bertz CT molecular complexity index is 533. The van der Waals surface area contributed by atoms with E-state index in [2.05, 4.69) is 53.7 Å². The molecular weight excluding hydrogens is 351 g/mol. The van der Waals surface area contributed by atoms with Gasteiger partial charge in [-0.2, -0.15) is 0 Å². The average Bonchev–Trinajstić information content (AvgIpc) is 2.52. The first-order valence-corrected chi connectivity index (χ1v) is 8.92. The van der Waals surface area contributed by atoms with Crippen molar-refractivity contribution in [2.75, 3.05) is 0 Å². The van der Waals surface area contributed by atoms with Crippen molar-refractivity contribution >= 4 is 23.0 Å². The highest BCUT2D eigenvalue weighted by Gasteiger charge is 2.09. The second-order valence-electron chi connectivity index (χ2n) is 5.80. The van der Waals surface area contributed by atoms with Gasteiger partial charge in [-0.3, -0.25) is 0 Å². The lowest BCUT2D eigenvalue weighted by atomic mass is 9.79. The molecule has 0 aliphatic rings. The van der Waals surface area contributed by atoms with Gasteiger partial charge in [0.1, 0.15) is 0 Å². The first-order valence-electron chi connectivity index (χ1n) is 8.13. The minimum absolute atomic E-state index is 0.429. The molecule has 2 N–H and O–H groups in total. The molecule has 23 heavy (non-hydrogen) atoms. The molecule has 0 bridgehead atoms. The minimum atomic E-state index is -1.45. The van der Waals surface area contributed by atoms with Gasteiger partial charge in [-0.1, -0.05) is 71.3 Å². The van der Waals surface area contributed by atoms with E-state index in [9.17, 15) is 0 Å². The molecule has 2 nitrogen and oxygen atoms in total. The van der Waals surface area contributed by atoms with Gasteiger partial charge in [-0.15, -0.1) is 0 Å². The molecular formula is C19H26BBrO2. The van der Waals surface area contributed by atoms with Crippen LogP contribution in [0.25, 0.3) is 0 Å². The van der Waals surface area contributed by atoms with Crippen LogP contribution in [0.2, 0.25) is 0 Å². The van der Waals surface area contributed by atoms with Crippen LogP contribution in [0.4, 0.5) is 0 Å². The molecule has 0 saturated carbocycles. The van der Waals surface area contributed by atoms with Gasteiger partial charge < -0.3 is 10.0 Å². The van der Waals surface area contributed by atoms with Gasteiger partial charge >= 0.3 is 7.12 Å². The van der Waals surface area contributed by atoms with Gasteiger partial charge in [-0.25, -0.2) is 0 Å². The number of allylic oxidation sites excluding steroid dienone is 5. The summed E-state index contributed by atoms with van der Waals surface area (Å²) in [7, 11) is -1.45. The quantitative estimate of drug-likeness (QED) is 0.342. The van der Waals surface area contributed by atoms with E-state index < -0.39 is 7.12 Å². The lowest BCUT2D eigenvalue weighted by Gasteiger charge is -2.04. The second kappa shape index (κ2) is 11.4. The number of rotatable bonds is 10. The Morgan fingerprint density at radius 2 is 1.74 bits per heavy atom. The first-order chi connectivity index (χ1) is 11.0. The summed E-state index contributed by atoms with van der Waals surface area (Å²) < 4.78 is 1.13. The lowest BCUT2D eigenvalue weighted by molar-refractivity contribution is 0.420. The van der Waals surface area contributed by atoms with E-state index in [1.54, 1.807) is 6.08 Å². The Morgan fingerprint density at radius 1 is 1.09 bits per heavy atom. The summed E-state index contributed by atoms with van der Waals surface area (Å²) in [6.07, 6.45) is 12.2. The summed E-state index contributed by atoms with van der Waals surface area (Å²) in [5.74, 6) is 0. The topological polar surface area (TPSA) is 40.5 Å². The Balaban J connectivity index is 2.19. The lowest BCUT2D eigenvalue weighted by Crippen LogP contribution is -2.13. The zero-order chi connectivity index (χ0) is 17.1. The van der Waals surface area contributed by atoms with E-state index in [0.717, 1.165) is 17.3 Å². The van der Waals surface area contributed by atoms with E-state index in [-0.39, 0.29) is 0 Å². The van der Waals surface area contributed by atoms with Crippen LogP contribution in [0.5, 0.6) is 0 Å². The van der Waals surface area contributed by atoms with Crippen LogP contribution in [0.15, 0.2) is 64.6 Å². The molecule has 0 heterocycles. The van der Waals surface area contributed by atoms with Crippen molar-refractivity contribution in [3.8, 4) is 0 Å². The number of halogens is 1. The molecule has 0 unspecified atom stereocenters.